The van der Waals surface area contributed by atoms with Gasteiger partial charge < -0.3 is 14.1 Å². The molecule has 1 saturated carbocycles. The molecule has 4 heteroatoms. The zero-order valence-electron chi connectivity index (χ0n) is 17.1. The molecule has 1 saturated heterocycles. The van der Waals surface area contributed by atoms with E-state index in [0.717, 1.165) is 37.7 Å². The van der Waals surface area contributed by atoms with Crippen LogP contribution >= 0.6 is 0 Å². The number of likely N-dealkylation sites (tertiary alicyclic amines) is 1. The molecule has 1 aliphatic heterocycles. The number of carbonyl (C=O) groups excluding carboxylic acids is 1. The second kappa shape index (κ2) is 8.45. The van der Waals surface area contributed by atoms with Crippen LogP contribution in [0.25, 0.3) is 0 Å². The summed E-state index contributed by atoms with van der Waals surface area (Å²) in [6.07, 6.45) is 10.7. The van der Waals surface area contributed by atoms with Crippen LogP contribution < -0.4 is 0 Å². The molecule has 29 heavy (non-hydrogen) atoms. The van der Waals surface area contributed by atoms with Gasteiger partial charge >= 0.3 is 0 Å². The Morgan fingerprint density at radius 3 is 2.79 bits per heavy atom. The average molecular weight is 394 g/mol. The highest BCUT2D eigenvalue weighted by Gasteiger charge is 2.39. The van der Waals surface area contributed by atoms with Crippen molar-refractivity contribution in [2.24, 2.45) is 5.92 Å². The minimum absolute atomic E-state index is 0.0611. The number of rotatable bonds is 8. The number of carbonyl (C=O) groups is 1. The van der Waals surface area contributed by atoms with Crippen LogP contribution in [0.5, 0.6) is 0 Å². The summed E-state index contributed by atoms with van der Waals surface area (Å²) >= 11 is 0. The van der Waals surface area contributed by atoms with Gasteiger partial charge in [0.2, 0.25) is 0 Å². The lowest BCUT2D eigenvalue weighted by atomic mass is 9.61. The van der Waals surface area contributed by atoms with Crippen LogP contribution in [0, 0.1) is 5.92 Å². The van der Waals surface area contributed by atoms with Gasteiger partial charge in [-0.2, -0.15) is 0 Å². The van der Waals surface area contributed by atoms with Crippen LogP contribution in [0.1, 0.15) is 77.4 Å². The first kappa shape index (κ1) is 19.1. The fourth-order valence-electron chi connectivity index (χ4n) is 5.78. The maximum Gasteiger partial charge on any atom is 0.196 e. The smallest absolute Gasteiger partial charge is 0.196 e. The molecule has 3 atom stereocenters. The molecule has 2 bridgehead atoms. The van der Waals surface area contributed by atoms with Crippen molar-refractivity contribution in [3.05, 3.63) is 59.0 Å². The first-order chi connectivity index (χ1) is 14.3. The van der Waals surface area contributed by atoms with E-state index in [1.165, 1.54) is 62.6 Å². The van der Waals surface area contributed by atoms with Gasteiger partial charge in [-0.1, -0.05) is 12.1 Å². The van der Waals surface area contributed by atoms with Crippen molar-refractivity contribution in [3.8, 4) is 0 Å². The van der Waals surface area contributed by atoms with Crippen LogP contribution in [-0.4, -0.2) is 43.5 Å². The maximum absolute atomic E-state index is 12.7. The van der Waals surface area contributed by atoms with Crippen molar-refractivity contribution in [2.75, 3.05) is 32.8 Å². The summed E-state index contributed by atoms with van der Waals surface area (Å²) in [5, 5.41) is 0. The predicted molar refractivity (Wildman–Crippen MR) is 113 cm³/mol. The summed E-state index contributed by atoms with van der Waals surface area (Å²) in [7, 11) is 0. The summed E-state index contributed by atoms with van der Waals surface area (Å²) in [6, 6.07) is 8.14. The summed E-state index contributed by atoms with van der Waals surface area (Å²) in [4.78, 5) is 15.2. The molecular weight excluding hydrogens is 362 g/mol. The van der Waals surface area contributed by atoms with Crippen LogP contribution in [-0.2, 0) is 4.74 Å². The normalized spacial score (nSPS) is 26.0. The number of furan rings is 1. The zero-order chi connectivity index (χ0) is 19.6. The number of ketones is 1. The lowest BCUT2D eigenvalue weighted by molar-refractivity contribution is 0.0875. The number of hydrogen-bond acceptors (Lipinski definition) is 4. The first-order valence-corrected chi connectivity index (χ1v) is 11.3. The van der Waals surface area contributed by atoms with Crippen LogP contribution in [0.15, 0.2) is 41.2 Å². The van der Waals surface area contributed by atoms with Crippen molar-refractivity contribution < 1.29 is 13.9 Å². The Balaban J connectivity index is 1.19. The van der Waals surface area contributed by atoms with Crippen molar-refractivity contribution in [1.82, 2.24) is 4.90 Å². The Morgan fingerprint density at radius 2 is 1.97 bits per heavy atom. The quantitative estimate of drug-likeness (QED) is 0.468. The highest BCUT2D eigenvalue weighted by atomic mass is 16.5. The fourth-order valence-corrected chi connectivity index (χ4v) is 5.78. The predicted octanol–water partition coefficient (Wildman–Crippen LogP) is 4.99. The molecule has 1 aromatic carbocycles. The molecule has 0 radical (unpaired) electrons. The first-order valence-electron chi connectivity index (χ1n) is 11.3. The summed E-state index contributed by atoms with van der Waals surface area (Å²) in [5.74, 6) is 2.02. The molecule has 6 rings (SSSR count). The molecule has 1 aromatic heterocycles. The summed E-state index contributed by atoms with van der Waals surface area (Å²) < 4.78 is 11.1. The molecule has 154 valence electrons. The van der Waals surface area contributed by atoms with Crippen LogP contribution in [0.4, 0.5) is 0 Å². The number of fused-ring (bicyclic) bond motifs is 2. The fraction of sp³-hybridized carbons (Fsp3) is 0.560. The van der Waals surface area contributed by atoms with E-state index in [4.69, 9.17) is 9.15 Å². The SMILES string of the molecule is O=C(c1ccoc1)c1ccc2c(c1)[C@@H]1CC[C@H]2[C@H](CCOCCN2CCCC2)C1. The third-order valence-corrected chi connectivity index (χ3v) is 7.34. The summed E-state index contributed by atoms with van der Waals surface area (Å²) in [6.45, 7) is 5.34. The number of ether oxygens (including phenoxy) is 1. The third kappa shape index (κ3) is 3.93. The molecule has 3 aliphatic carbocycles. The van der Waals surface area contributed by atoms with Gasteiger partial charge in [-0.3, -0.25) is 4.79 Å². The Morgan fingerprint density at radius 1 is 1.07 bits per heavy atom. The lowest BCUT2D eigenvalue weighted by Gasteiger charge is -2.44. The molecule has 4 aliphatic rings. The van der Waals surface area contributed by atoms with Crippen molar-refractivity contribution >= 4 is 5.78 Å². The van der Waals surface area contributed by atoms with Gasteiger partial charge in [0.15, 0.2) is 5.78 Å². The van der Waals surface area contributed by atoms with Gasteiger partial charge in [-0.15, -0.1) is 0 Å². The Bertz CT molecular complexity index is 838. The molecule has 0 N–H and O–H groups in total. The Hall–Kier alpha value is -1.91. The second-order valence-electron chi connectivity index (χ2n) is 9.01. The van der Waals surface area contributed by atoms with E-state index in [9.17, 15) is 4.79 Å². The van der Waals surface area contributed by atoms with E-state index < -0.39 is 0 Å². The summed E-state index contributed by atoms with van der Waals surface area (Å²) in [5.41, 5.74) is 4.33. The number of benzene rings is 1. The lowest BCUT2D eigenvalue weighted by Crippen LogP contribution is -2.31. The highest BCUT2D eigenvalue weighted by molar-refractivity contribution is 6.08. The topological polar surface area (TPSA) is 42.7 Å². The molecule has 2 heterocycles. The highest BCUT2D eigenvalue weighted by Crippen LogP contribution is 2.53. The van der Waals surface area contributed by atoms with Gasteiger partial charge in [0.25, 0.3) is 0 Å². The van der Waals surface area contributed by atoms with Crippen LogP contribution in [0.3, 0.4) is 0 Å². The zero-order valence-corrected chi connectivity index (χ0v) is 17.1. The number of nitrogens with zero attached hydrogens (tertiary/aromatic N) is 1. The van der Waals surface area contributed by atoms with E-state index in [2.05, 4.69) is 17.0 Å². The molecule has 2 fully saturated rings. The van der Waals surface area contributed by atoms with Crippen molar-refractivity contribution in [2.45, 2.75) is 50.4 Å². The van der Waals surface area contributed by atoms with E-state index in [1.807, 2.05) is 6.07 Å². The van der Waals surface area contributed by atoms with Gasteiger partial charge in [-0.25, -0.2) is 0 Å². The average Bonchev–Trinajstić information content (AvgIpc) is 3.48. The van der Waals surface area contributed by atoms with E-state index in [1.54, 1.807) is 12.3 Å². The molecular formula is C25H31NO3. The minimum atomic E-state index is 0.0611. The Labute approximate surface area is 173 Å². The molecule has 0 unspecified atom stereocenters. The molecule has 4 nitrogen and oxygen atoms in total. The van der Waals surface area contributed by atoms with Gasteiger partial charge in [0.05, 0.1) is 18.4 Å². The Kier molecular flexibility index (Phi) is 5.56. The molecule has 0 spiro atoms. The molecule has 2 aromatic rings. The third-order valence-electron chi connectivity index (χ3n) is 7.34. The van der Waals surface area contributed by atoms with Gasteiger partial charge in [-0.05, 0) is 92.6 Å². The van der Waals surface area contributed by atoms with E-state index >= 15 is 0 Å². The van der Waals surface area contributed by atoms with Crippen molar-refractivity contribution in [1.29, 1.82) is 0 Å². The monoisotopic (exact) mass is 393 g/mol. The standard InChI is InChI=1S/C25H31NO3/c27-25(21-8-13-29-17-21)20-4-6-23-22-5-3-18(24(23)16-20)15-19(22)7-12-28-14-11-26-9-1-2-10-26/h4,6,8,13,16-19,22H,1-3,5,7,9-12,14-15H2/t18-,19-,22+/m1/s1. The van der Waals surface area contributed by atoms with Gasteiger partial charge in [0.1, 0.15) is 6.26 Å². The number of hydrogen-bond donors (Lipinski definition) is 0. The minimum Gasteiger partial charge on any atom is -0.472 e. The van der Waals surface area contributed by atoms with Crippen LogP contribution in [0.2, 0.25) is 0 Å². The van der Waals surface area contributed by atoms with Gasteiger partial charge in [0, 0.05) is 18.7 Å². The maximum atomic E-state index is 12.7. The van der Waals surface area contributed by atoms with E-state index in [-0.39, 0.29) is 5.78 Å². The second-order valence-corrected chi connectivity index (χ2v) is 9.01. The largest absolute Gasteiger partial charge is 0.472 e. The molecule has 0 amide bonds. The van der Waals surface area contributed by atoms with E-state index in [0.29, 0.717) is 17.4 Å². The van der Waals surface area contributed by atoms with Crippen molar-refractivity contribution in [3.63, 3.8) is 0 Å².